The van der Waals surface area contributed by atoms with Crippen molar-refractivity contribution in [3.8, 4) is 5.75 Å². The number of nitrogens with one attached hydrogen (secondary N) is 1. The quantitative estimate of drug-likeness (QED) is 0.755. The molecule has 0 amide bonds. The van der Waals surface area contributed by atoms with Crippen molar-refractivity contribution < 1.29 is 9.50 Å². The van der Waals surface area contributed by atoms with E-state index in [0.29, 0.717) is 0 Å². The summed E-state index contributed by atoms with van der Waals surface area (Å²) in [7, 11) is 0. The van der Waals surface area contributed by atoms with Crippen LogP contribution in [0.15, 0.2) is 12.1 Å². The number of hydrogen-bond donors (Lipinski definition) is 2. The van der Waals surface area contributed by atoms with Crippen LogP contribution in [-0.2, 0) is 0 Å². The third kappa shape index (κ3) is 1.70. The maximum absolute atomic E-state index is 13.1. The van der Waals surface area contributed by atoms with E-state index in [1.807, 2.05) is 0 Å². The minimum absolute atomic E-state index is 0.0775. The first-order valence-electron chi connectivity index (χ1n) is 4.60. The predicted molar refractivity (Wildman–Crippen MR) is 53.1 cm³/mol. The lowest BCUT2D eigenvalue weighted by molar-refractivity contribution is 0.431. The Morgan fingerprint density at radius 1 is 1.50 bits per heavy atom. The van der Waals surface area contributed by atoms with E-state index in [4.69, 9.17) is 16.7 Å². The van der Waals surface area contributed by atoms with E-state index in [1.54, 1.807) is 6.07 Å². The van der Waals surface area contributed by atoms with Crippen molar-refractivity contribution in [2.24, 2.45) is 0 Å². The van der Waals surface area contributed by atoms with Crippen molar-refractivity contribution in [3.63, 3.8) is 0 Å². The van der Waals surface area contributed by atoms with Crippen molar-refractivity contribution in [2.45, 2.75) is 18.9 Å². The highest BCUT2D eigenvalue weighted by Crippen LogP contribution is 2.32. The molecule has 4 heteroatoms. The molecule has 76 valence electrons. The average molecular weight is 216 g/mol. The fourth-order valence-corrected chi connectivity index (χ4v) is 1.97. The third-order valence-corrected chi connectivity index (χ3v) is 2.79. The van der Waals surface area contributed by atoms with Gasteiger partial charge in [0.25, 0.3) is 0 Å². The minimum Gasteiger partial charge on any atom is -0.504 e. The molecule has 1 atom stereocenters. The van der Waals surface area contributed by atoms with Crippen LogP contribution in [0.25, 0.3) is 0 Å². The summed E-state index contributed by atoms with van der Waals surface area (Å²) in [4.78, 5) is 0. The first-order valence-corrected chi connectivity index (χ1v) is 4.97. The zero-order valence-electron chi connectivity index (χ0n) is 7.56. The van der Waals surface area contributed by atoms with Gasteiger partial charge in [-0.25, -0.2) is 4.39 Å². The van der Waals surface area contributed by atoms with E-state index in [2.05, 4.69) is 5.32 Å². The van der Waals surface area contributed by atoms with Gasteiger partial charge in [0.15, 0.2) is 11.6 Å². The lowest BCUT2D eigenvalue weighted by Crippen LogP contribution is -2.12. The molecule has 2 rings (SSSR count). The van der Waals surface area contributed by atoms with Crippen LogP contribution >= 0.6 is 11.6 Å². The van der Waals surface area contributed by atoms with Crippen molar-refractivity contribution in [1.82, 2.24) is 5.32 Å². The number of benzene rings is 1. The van der Waals surface area contributed by atoms with Crippen LogP contribution in [0.4, 0.5) is 4.39 Å². The van der Waals surface area contributed by atoms with Gasteiger partial charge in [-0.15, -0.1) is 0 Å². The lowest BCUT2D eigenvalue weighted by Gasteiger charge is -2.11. The summed E-state index contributed by atoms with van der Waals surface area (Å²) >= 11 is 5.68. The standard InChI is InChI=1S/C10H11ClFNO/c11-7-4-6(5-8(12)10(7)14)9-2-1-3-13-9/h4-5,9,13-14H,1-3H2/t9-/m0/s1. The van der Waals surface area contributed by atoms with Crippen LogP contribution in [0.5, 0.6) is 5.75 Å². The molecule has 1 aromatic rings. The molecular formula is C10H11ClFNO. The van der Waals surface area contributed by atoms with E-state index in [1.165, 1.54) is 6.07 Å². The van der Waals surface area contributed by atoms with E-state index in [9.17, 15) is 4.39 Å². The van der Waals surface area contributed by atoms with Gasteiger partial charge in [0.1, 0.15) is 0 Å². The molecule has 0 aromatic heterocycles. The molecule has 0 radical (unpaired) electrons. The van der Waals surface area contributed by atoms with E-state index >= 15 is 0 Å². The number of aromatic hydroxyl groups is 1. The first-order chi connectivity index (χ1) is 6.68. The van der Waals surface area contributed by atoms with E-state index in [0.717, 1.165) is 24.9 Å². The summed E-state index contributed by atoms with van der Waals surface area (Å²) in [6.07, 6.45) is 2.07. The molecule has 1 aliphatic rings. The number of hydrogen-bond acceptors (Lipinski definition) is 2. The SMILES string of the molecule is Oc1c(F)cc([C@@H]2CCCN2)cc1Cl. The van der Waals surface area contributed by atoms with Gasteiger partial charge >= 0.3 is 0 Å². The molecule has 2 N–H and O–H groups in total. The van der Waals surface area contributed by atoms with Crippen molar-refractivity contribution in [1.29, 1.82) is 0 Å². The van der Waals surface area contributed by atoms with Crippen LogP contribution in [0.1, 0.15) is 24.4 Å². The van der Waals surface area contributed by atoms with Gasteiger partial charge in [0, 0.05) is 6.04 Å². The normalized spacial score (nSPS) is 21.4. The highest BCUT2D eigenvalue weighted by atomic mass is 35.5. The van der Waals surface area contributed by atoms with E-state index < -0.39 is 11.6 Å². The molecule has 0 aliphatic carbocycles. The fraction of sp³-hybridized carbons (Fsp3) is 0.400. The highest BCUT2D eigenvalue weighted by Gasteiger charge is 2.18. The maximum atomic E-state index is 13.1. The molecule has 1 heterocycles. The highest BCUT2D eigenvalue weighted by molar-refractivity contribution is 6.32. The van der Waals surface area contributed by atoms with Crippen LogP contribution in [0, 0.1) is 5.82 Å². The Morgan fingerprint density at radius 3 is 2.86 bits per heavy atom. The third-order valence-electron chi connectivity index (χ3n) is 2.50. The minimum atomic E-state index is -0.652. The summed E-state index contributed by atoms with van der Waals surface area (Å²) in [5.74, 6) is -1.12. The Kier molecular flexibility index (Phi) is 2.61. The number of rotatable bonds is 1. The smallest absolute Gasteiger partial charge is 0.170 e. The summed E-state index contributed by atoms with van der Waals surface area (Å²) in [5, 5.41) is 12.5. The first kappa shape index (κ1) is 9.74. The van der Waals surface area contributed by atoms with Gasteiger partial charge in [0.05, 0.1) is 5.02 Å². The Bertz CT molecular complexity index is 327. The second-order valence-electron chi connectivity index (χ2n) is 3.48. The molecule has 0 spiro atoms. The van der Waals surface area contributed by atoms with Gasteiger partial charge < -0.3 is 10.4 Å². The molecule has 1 aromatic carbocycles. The van der Waals surface area contributed by atoms with Crippen molar-refractivity contribution in [2.75, 3.05) is 6.54 Å². The summed E-state index contributed by atoms with van der Waals surface area (Å²) in [6.45, 7) is 0.949. The van der Waals surface area contributed by atoms with Gasteiger partial charge in [-0.1, -0.05) is 11.6 Å². The molecule has 1 saturated heterocycles. The van der Waals surface area contributed by atoms with Crippen LogP contribution in [0.3, 0.4) is 0 Å². The second-order valence-corrected chi connectivity index (χ2v) is 3.89. The molecule has 0 saturated carbocycles. The summed E-state index contributed by atoms with van der Waals surface area (Å²) < 4.78 is 13.1. The molecule has 0 bridgehead atoms. The molecule has 2 nitrogen and oxygen atoms in total. The molecule has 0 unspecified atom stereocenters. The second kappa shape index (κ2) is 3.75. The number of phenols is 1. The average Bonchev–Trinajstić information content (AvgIpc) is 2.66. The molecule has 1 aliphatic heterocycles. The Balaban J connectivity index is 2.34. The van der Waals surface area contributed by atoms with Gasteiger partial charge in [0.2, 0.25) is 0 Å². The van der Waals surface area contributed by atoms with Crippen LogP contribution in [0.2, 0.25) is 5.02 Å². The summed E-state index contributed by atoms with van der Waals surface area (Å²) in [5.41, 5.74) is 0.808. The van der Waals surface area contributed by atoms with Gasteiger partial charge in [-0.3, -0.25) is 0 Å². The van der Waals surface area contributed by atoms with Gasteiger partial charge in [-0.05, 0) is 37.1 Å². The monoisotopic (exact) mass is 215 g/mol. The van der Waals surface area contributed by atoms with E-state index in [-0.39, 0.29) is 11.1 Å². The molecule has 14 heavy (non-hydrogen) atoms. The van der Waals surface area contributed by atoms with Crippen LogP contribution < -0.4 is 5.32 Å². The van der Waals surface area contributed by atoms with Crippen LogP contribution in [-0.4, -0.2) is 11.7 Å². The zero-order chi connectivity index (χ0) is 10.1. The number of halogens is 2. The molecule has 1 fully saturated rings. The number of phenolic OH excluding ortho intramolecular Hbond substituents is 1. The largest absolute Gasteiger partial charge is 0.504 e. The predicted octanol–water partition coefficient (Wildman–Crippen LogP) is 2.61. The van der Waals surface area contributed by atoms with Gasteiger partial charge in [-0.2, -0.15) is 0 Å². The zero-order valence-corrected chi connectivity index (χ0v) is 8.31. The topological polar surface area (TPSA) is 32.3 Å². The Labute approximate surface area is 86.7 Å². The maximum Gasteiger partial charge on any atom is 0.170 e. The fourth-order valence-electron chi connectivity index (χ4n) is 1.76. The summed E-state index contributed by atoms with van der Waals surface area (Å²) in [6, 6.07) is 3.12. The van der Waals surface area contributed by atoms with Crippen molar-refractivity contribution >= 4 is 11.6 Å². The lowest BCUT2D eigenvalue weighted by atomic mass is 10.1. The molecular weight excluding hydrogens is 205 g/mol. The van der Waals surface area contributed by atoms with Crippen molar-refractivity contribution in [3.05, 3.63) is 28.5 Å². The Morgan fingerprint density at radius 2 is 2.29 bits per heavy atom. The Hall–Kier alpha value is -0.800.